The molecule has 4 heteroatoms. The molecule has 0 aromatic rings. The normalized spacial score (nSPS) is 10.8. The van der Waals surface area contributed by atoms with E-state index in [4.69, 9.17) is 10.2 Å². The highest BCUT2D eigenvalue weighted by atomic mass is 16.4. The Morgan fingerprint density at radius 3 is 2.36 bits per heavy atom. The lowest BCUT2D eigenvalue weighted by atomic mass is 10.2. The number of rotatable bonds is 9. The van der Waals surface area contributed by atoms with Crippen LogP contribution in [0.3, 0.4) is 0 Å². The number of carboxylic acid groups (broad SMARTS) is 1. The molecule has 0 saturated heterocycles. The second-order valence-corrected chi connectivity index (χ2v) is 3.58. The Kier molecular flexibility index (Phi) is 8.57. The molecule has 0 atom stereocenters. The van der Waals surface area contributed by atoms with Gasteiger partial charge in [0, 0.05) is 13.2 Å². The number of nitrogens with zero attached hydrogens (tertiary/aromatic N) is 1. The summed E-state index contributed by atoms with van der Waals surface area (Å²) in [6.07, 6.45) is 4.34. The zero-order valence-electron chi connectivity index (χ0n) is 8.91. The molecule has 0 spiro atoms. The van der Waals surface area contributed by atoms with Gasteiger partial charge in [0.15, 0.2) is 0 Å². The third kappa shape index (κ3) is 9.48. The van der Waals surface area contributed by atoms with E-state index in [1.165, 1.54) is 0 Å². The summed E-state index contributed by atoms with van der Waals surface area (Å²) in [6, 6.07) is 0. The van der Waals surface area contributed by atoms with Crippen LogP contribution in [0.2, 0.25) is 0 Å². The topological polar surface area (TPSA) is 60.8 Å². The lowest BCUT2D eigenvalue weighted by Gasteiger charge is -2.14. The second-order valence-electron chi connectivity index (χ2n) is 3.58. The maximum absolute atomic E-state index is 10.3. The number of unbranched alkanes of at least 4 members (excludes halogenated alkanes) is 3. The maximum Gasteiger partial charge on any atom is 0.304 e. The highest BCUT2D eigenvalue weighted by Gasteiger charge is 2.01. The van der Waals surface area contributed by atoms with Crippen LogP contribution in [0, 0.1) is 0 Å². The molecule has 0 heterocycles. The van der Waals surface area contributed by atoms with E-state index in [0.717, 1.165) is 32.2 Å². The van der Waals surface area contributed by atoms with Gasteiger partial charge in [0.1, 0.15) is 0 Å². The number of aliphatic hydroxyl groups is 1. The van der Waals surface area contributed by atoms with Gasteiger partial charge in [-0.3, -0.25) is 4.79 Å². The van der Waals surface area contributed by atoms with Crippen LogP contribution in [0.15, 0.2) is 0 Å². The molecule has 0 bridgehead atoms. The van der Waals surface area contributed by atoms with Crippen molar-refractivity contribution in [1.29, 1.82) is 0 Å². The van der Waals surface area contributed by atoms with Crippen LogP contribution < -0.4 is 0 Å². The third-order valence-corrected chi connectivity index (χ3v) is 2.16. The first kappa shape index (κ1) is 13.4. The smallest absolute Gasteiger partial charge is 0.304 e. The molecule has 0 rings (SSSR count). The average molecular weight is 203 g/mol. The molecule has 0 radical (unpaired) electrons. The molecule has 2 N–H and O–H groups in total. The van der Waals surface area contributed by atoms with Crippen LogP contribution >= 0.6 is 0 Å². The van der Waals surface area contributed by atoms with Gasteiger partial charge in [-0.25, -0.2) is 0 Å². The van der Waals surface area contributed by atoms with Crippen LogP contribution in [-0.2, 0) is 4.79 Å². The van der Waals surface area contributed by atoms with Crippen LogP contribution in [0.25, 0.3) is 0 Å². The lowest BCUT2D eigenvalue weighted by molar-refractivity contribution is -0.137. The summed E-state index contributed by atoms with van der Waals surface area (Å²) in [4.78, 5) is 12.3. The molecule has 4 nitrogen and oxygen atoms in total. The molecule has 0 aliphatic rings. The molecular weight excluding hydrogens is 182 g/mol. The van der Waals surface area contributed by atoms with E-state index in [-0.39, 0.29) is 13.0 Å². The summed E-state index contributed by atoms with van der Waals surface area (Å²) in [6.45, 7) is 1.84. The van der Waals surface area contributed by atoms with E-state index in [1.807, 2.05) is 11.9 Å². The summed E-state index contributed by atoms with van der Waals surface area (Å²) in [5.74, 6) is -0.739. The molecule has 0 saturated carbocycles. The zero-order chi connectivity index (χ0) is 10.8. The Bertz CT molecular complexity index is 150. The Hall–Kier alpha value is -0.610. The largest absolute Gasteiger partial charge is 0.481 e. The number of aliphatic carboxylic acids is 1. The van der Waals surface area contributed by atoms with Gasteiger partial charge in [0.25, 0.3) is 0 Å². The molecular formula is C10H21NO3. The highest BCUT2D eigenvalue weighted by Crippen LogP contribution is 2.00. The van der Waals surface area contributed by atoms with Crippen molar-refractivity contribution in [3.63, 3.8) is 0 Å². The predicted molar refractivity (Wildman–Crippen MR) is 55.3 cm³/mol. The minimum Gasteiger partial charge on any atom is -0.481 e. The molecule has 0 aliphatic heterocycles. The minimum atomic E-state index is -0.739. The third-order valence-electron chi connectivity index (χ3n) is 2.16. The standard InChI is InChI=1S/C10H21NO3/c1-11(8-6-10(13)14)7-4-2-3-5-9-12/h12H,2-9H2,1H3,(H,13,14). The molecule has 0 aliphatic carbocycles. The minimum absolute atomic E-state index is 0.215. The number of aliphatic hydroxyl groups excluding tert-OH is 1. The fourth-order valence-corrected chi connectivity index (χ4v) is 1.25. The van der Waals surface area contributed by atoms with Crippen molar-refractivity contribution < 1.29 is 15.0 Å². The van der Waals surface area contributed by atoms with Gasteiger partial charge in [-0.2, -0.15) is 0 Å². The van der Waals surface area contributed by atoms with Crippen LogP contribution in [0.5, 0.6) is 0 Å². The van der Waals surface area contributed by atoms with Crippen molar-refractivity contribution in [2.75, 3.05) is 26.7 Å². The van der Waals surface area contributed by atoms with Crippen molar-refractivity contribution in [3.8, 4) is 0 Å². The fourth-order valence-electron chi connectivity index (χ4n) is 1.25. The molecule has 0 unspecified atom stereocenters. The van der Waals surface area contributed by atoms with Gasteiger partial charge in [-0.1, -0.05) is 12.8 Å². The highest BCUT2D eigenvalue weighted by molar-refractivity contribution is 5.66. The summed E-state index contributed by atoms with van der Waals surface area (Å²) in [5, 5.41) is 17.0. The number of carboxylic acids is 1. The Labute approximate surface area is 85.5 Å². The van der Waals surface area contributed by atoms with Crippen LogP contribution in [0.1, 0.15) is 32.1 Å². The molecule has 0 amide bonds. The molecule has 84 valence electrons. The monoisotopic (exact) mass is 203 g/mol. The number of carbonyl (C=O) groups is 1. The number of hydrogen-bond donors (Lipinski definition) is 2. The van der Waals surface area contributed by atoms with E-state index >= 15 is 0 Å². The van der Waals surface area contributed by atoms with Crippen molar-refractivity contribution in [2.45, 2.75) is 32.1 Å². The quantitative estimate of drug-likeness (QED) is 0.548. The van der Waals surface area contributed by atoms with E-state index < -0.39 is 5.97 Å². The molecule has 0 aromatic carbocycles. The van der Waals surface area contributed by atoms with Crippen molar-refractivity contribution in [3.05, 3.63) is 0 Å². The molecule has 14 heavy (non-hydrogen) atoms. The first-order valence-electron chi connectivity index (χ1n) is 5.18. The van der Waals surface area contributed by atoms with Gasteiger partial charge < -0.3 is 15.1 Å². The van der Waals surface area contributed by atoms with Crippen LogP contribution in [0.4, 0.5) is 0 Å². The first-order chi connectivity index (χ1) is 6.66. The van der Waals surface area contributed by atoms with Gasteiger partial charge in [0.2, 0.25) is 0 Å². The maximum atomic E-state index is 10.3. The SMILES string of the molecule is CN(CCCCCCO)CCC(=O)O. The summed E-state index contributed by atoms with van der Waals surface area (Å²) in [5.41, 5.74) is 0. The Morgan fingerprint density at radius 1 is 1.14 bits per heavy atom. The predicted octanol–water partition coefficient (Wildman–Crippen LogP) is 0.946. The van der Waals surface area contributed by atoms with Crippen molar-refractivity contribution >= 4 is 5.97 Å². The Balaban J connectivity index is 3.18. The fraction of sp³-hybridized carbons (Fsp3) is 0.900. The van der Waals surface area contributed by atoms with Crippen molar-refractivity contribution in [1.82, 2.24) is 4.90 Å². The van der Waals surface area contributed by atoms with Crippen molar-refractivity contribution in [2.24, 2.45) is 0 Å². The molecule has 0 aromatic heterocycles. The molecule has 0 fully saturated rings. The van der Waals surface area contributed by atoms with E-state index in [9.17, 15) is 4.79 Å². The second kappa shape index (κ2) is 8.97. The van der Waals surface area contributed by atoms with E-state index in [0.29, 0.717) is 6.54 Å². The van der Waals surface area contributed by atoms with Crippen LogP contribution in [-0.4, -0.2) is 47.8 Å². The van der Waals surface area contributed by atoms with Gasteiger partial charge in [-0.15, -0.1) is 0 Å². The lowest BCUT2D eigenvalue weighted by Crippen LogP contribution is -2.22. The average Bonchev–Trinajstić information content (AvgIpc) is 2.14. The van der Waals surface area contributed by atoms with Gasteiger partial charge >= 0.3 is 5.97 Å². The summed E-state index contributed by atoms with van der Waals surface area (Å²) < 4.78 is 0. The zero-order valence-corrected chi connectivity index (χ0v) is 8.91. The number of hydrogen-bond acceptors (Lipinski definition) is 3. The first-order valence-corrected chi connectivity index (χ1v) is 5.18. The van der Waals surface area contributed by atoms with E-state index in [1.54, 1.807) is 0 Å². The summed E-state index contributed by atoms with van der Waals surface area (Å²) >= 11 is 0. The van der Waals surface area contributed by atoms with Gasteiger partial charge in [0.05, 0.1) is 6.42 Å². The Morgan fingerprint density at radius 2 is 1.79 bits per heavy atom. The summed E-state index contributed by atoms with van der Waals surface area (Å²) in [7, 11) is 1.94. The van der Waals surface area contributed by atoms with E-state index in [2.05, 4.69) is 0 Å². The van der Waals surface area contributed by atoms with Gasteiger partial charge in [-0.05, 0) is 26.4 Å².